The lowest BCUT2D eigenvalue weighted by atomic mass is 9.86. The maximum atomic E-state index is 10.9. The van der Waals surface area contributed by atoms with Crippen LogP contribution >= 0.6 is 0 Å². The molecule has 0 spiro atoms. The highest BCUT2D eigenvalue weighted by molar-refractivity contribution is 5.66. The number of pyridine rings is 2. The molecule has 0 aromatic carbocycles. The molecule has 1 saturated heterocycles. The largest absolute Gasteiger partial charge is 0.385 e. The molecular weight excluding hydrogens is 332 g/mol. The van der Waals surface area contributed by atoms with E-state index < -0.39 is 12.0 Å². The minimum atomic E-state index is -1.04. The van der Waals surface area contributed by atoms with Crippen LogP contribution in [0.2, 0.25) is 0 Å². The van der Waals surface area contributed by atoms with Crippen molar-refractivity contribution in [1.82, 2.24) is 9.97 Å². The van der Waals surface area contributed by atoms with Gasteiger partial charge in [-0.15, -0.1) is 0 Å². The Morgan fingerprint density at radius 3 is 2.69 bits per heavy atom. The van der Waals surface area contributed by atoms with Gasteiger partial charge in [-0.05, 0) is 30.5 Å². The normalized spacial score (nSPS) is 20.5. The van der Waals surface area contributed by atoms with Crippen LogP contribution in [0.4, 0.5) is 5.82 Å². The average Bonchev–Trinajstić information content (AvgIpc) is 2.67. The predicted molar refractivity (Wildman–Crippen MR) is 97.3 cm³/mol. The fourth-order valence-electron chi connectivity index (χ4n) is 3.76. The highest BCUT2D eigenvalue weighted by Crippen LogP contribution is 2.34. The molecule has 138 valence electrons. The lowest BCUT2D eigenvalue weighted by Gasteiger charge is -2.33. The lowest BCUT2D eigenvalue weighted by Crippen LogP contribution is -2.45. The first-order valence-electron chi connectivity index (χ1n) is 9.02. The van der Waals surface area contributed by atoms with Crippen LogP contribution in [0.15, 0.2) is 30.7 Å². The van der Waals surface area contributed by atoms with E-state index in [4.69, 9.17) is 10.5 Å². The van der Waals surface area contributed by atoms with E-state index in [1.54, 1.807) is 23.5 Å². The van der Waals surface area contributed by atoms with Gasteiger partial charge in [-0.2, -0.15) is 0 Å². The van der Waals surface area contributed by atoms with Crippen LogP contribution in [0.5, 0.6) is 0 Å². The van der Waals surface area contributed by atoms with Gasteiger partial charge in [-0.1, -0.05) is 0 Å². The molecule has 4 rings (SSSR count). The SMILES string of the molecule is NC(O)N1CCCc2cc(-c3cncc(C4(O)CCOCC4)c3)cnc21. The standard InChI is InChI=1S/C19H24N4O3/c20-18(24)23-5-1-2-13-8-14(11-22-17(13)23)15-9-16(12-21-10-15)19(25)3-6-26-7-4-19/h8-12,18,24-25H,1-7,20H2. The van der Waals surface area contributed by atoms with Crippen molar-refractivity contribution in [2.45, 2.75) is 37.6 Å². The summed E-state index contributed by atoms with van der Waals surface area (Å²) in [6, 6.07) is 4.06. The second kappa shape index (κ2) is 6.92. The average molecular weight is 356 g/mol. The van der Waals surface area contributed by atoms with E-state index in [-0.39, 0.29) is 0 Å². The molecule has 0 amide bonds. The first-order valence-corrected chi connectivity index (χ1v) is 9.02. The number of aromatic nitrogens is 2. The second-order valence-electron chi connectivity index (χ2n) is 7.02. The van der Waals surface area contributed by atoms with Gasteiger partial charge in [-0.3, -0.25) is 10.7 Å². The molecule has 4 heterocycles. The topological polar surface area (TPSA) is 105 Å². The predicted octanol–water partition coefficient (Wildman–Crippen LogP) is 1.13. The number of hydrogen-bond donors (Lipinski definition) is 3. The molecule has 1 atom stereocenters. The van der Waals surface area contributed by atoms with Crippen LogP contribution in [-0.4, -0.2) is 46.3 Å². The van der Waals surface area contributed by atoms with E-state index in [0.717, 1.165) is 40.9 Å². The summed E-state index contributed by atoms with van der Waals surface area (Å²) in [5.74, 6) is 0.738. The molecule has 0 aliphatic carbocycles. The van der Waals surface area contributed by atoms with Gasteiger partial charge in [0.25, 0.3) is 0 Å². The smallest absolute Gasteiger partial charge is 0.182 e. The Hall–Kier alpha value is -2.06. The molecule has 0 bridgehead atoms. The summed E-state index contributed by atoms with van der Waals surface area (Å²) in [4.78, 5) is 10.6. The fourth-order valence-corrected chi connectivity index (χ4v) is 3.76. The van der Waals surface area contributed by atoms with Crippen molar-refractivity contribution in [2.75, 3.05) is 24.7 Å². The number of fused-ring (bicyclic) bond motifs is 1. The fraction of sp³-hybridized carbons (Fsp3) is 0.474. The first-order chi connectivity index (χ1) is 12.6. The summed E-state index contributed by atoms with van der Waals surface area (Å²) in [6.07, 6.45) is 7.21. The number of ether oxygens (including phenoxy) is 1. The van der Waals surface area contributed by atoms with Crippen molar-refractivity contribution in [3.8, 4) is 11.1 Å². The molecule has 1 fully saturated rings. The number of aliphatic hydroxyl groups excluding tert-OH is 1. The van der Waals surface area contributed by atoms with E-state index in [1.807, 2.05) is 6.07 Å². The molecule has 7 heteroatoms. The molecule has 1 unspecified atom stereocenters. The maximum Gasteiger partial charge on any atom is 0.182 e. The highest BCUT2D eigenvalue weighted by atomic mass is 16.5. The summed E-state index contributed by atoms with van der Waals surface area (Å²) in [5, 5.41) is 20.7. The third-order valence-electron chi connectivity index (χ3n) is 5.31. The van der Waals surface area contributed by atoms with Crippen LogP contribution < -0.4 is 10.6 Å². The Kier molecular flexibility index (Phi) is 4.62. The molecule has 2 aliphatic rings. The van der Waals surface area contributed by atoms with Crippen molar-refractivity contribution in [3.63, 3.8) is 0 Å². The Labute approximate surface area is 152 Å². The zero-order chi connectivity index (χ0) is 18.1. The highest BCUT2D eigenvalue weighted by Gasteiger charge is 2.32. The second-order valence-corrected chi connectivity index (χ2v) is 7.02. The Bertz CT molecular complexity index is 790. The number of hydrogen-bond acceptors (Lipinski definition) is 7. The zero-order valence-corrected chi connectivity index (χ0v) is 14.6. The molecule has 2 aliphatic heterocycles. The molecule has 7 nitrogen and oxygen atoms in total. The minimum absolute atomic E-state index is 0.554. The summed E-state index contributed by atoms with van der Waals surface area (Å²) in [6.45, 7) is 1.81. The Morgan fingerprint density at radius 2 is 1.92 bits per heavy atom. The van der Waals surface area contributed by atoms with Gasteiger partial charge in [0.05, 0.1) is 5.60 Å². The van der Waals surface area contributed by atoms with Gasteiger partial charge in [0.15, 0.2) is 6.35 Å². The molecule has 2 aromatic heterocycles. The van der Waals surface area contributed by atoms with Crippen LogP contribution in [0.3, 0.4) is 0 Å². The quantitative estimate of drug-likeness (QED) is 0.708. The molecule has 0 radical (unpaired) electrons. The third kappa shape index (κ3) is 3.19. The van der Waals surface area contributed by atoms with E-state index in [2.05, 4.69) is 16.0 Å². The molecular formula is C19H24N4O3. The minimum Gasteiger partial charge on any atom is -0.385 e. The summed E-state index contributed by atoms with van der Waals surface area (Å²) < 4.78 is 5.37. The van der Waals surface area contributed by atoms with Crippen molar-refractivity contribution in [1.29, 1.82) is 0 Å². The number of aryl methyl sites for hydroxylation is 1. The van der Waals surface area contributed by atoms with E-state index in [1.165, 1.54) is 0 Å². The van der Waals surface area contributed by atoms with Crippen LogP contribution in [0.1, 0.15) is 30.4 Å². The van der Waals surface area contributed by atoms with E-state index in [9.17, 15) is 10.2 Å². The van der Waals surface area contributed by atoms with Crippen LogP contribution in [0.25, 0.3) is 11.1 Å². The number of anilines is 1. The third-order valence-corrected chi connectivity index (χ3v) is 5.31. The molecule has 26 heavy (non-hydrogen) atoms. The molecule has 0 saturated carbocycles. The van der Waals surface area contributed by atoms with Crippen molar-refractivity contribution in [3.05, 3.63) is 41.9 Å². The van der Waals surface area contributed by atoms with Crippen molar-refractivity contribution >= 4 is 5.82 Å². The van der Waals surface area contributed by atoms with Gasteiger partial charge < -0.3 is 19.8 Å². The van der Waals surface area contributed by atoms with Gasteiger partial charge >= 0.3 is 0 Å². The summed E-state index contributed by atoms with van der Waals surface area (Å²) >= 11 is 0. The number of nitrogens with two attached hydrogens (primary N) is 1. The summed E-state index contributed by atoms with van der Waals surface area (Å²) in [5.41, 5.74) is 8.50. The molecule has 2 aromatic rings. The van der Waals surface area contributed by atoms with Gasteiger partial charge in [0.2, 0.25) is 0 Å². The number of rotatable bonds is 3. The van der Waals surface area contributed by atoms with E-state index in [0.29, 0.717) is 32.6 Å². The Balaban J connectivity index is 1.67. The lowest BCUT2D eigenvalue weighted by molar-refractivity contribution is -0.0680. The number of nitrogens with zero attached hydrogens (tertiary/aromatic N) is 3. The van der Waals surface area contributed by atoms with E-state index >= 15 is 0 Å². The zero-order valence-electron chi connectivity index (χ0n) is 14.6. The first kappa shape index (κ1) is 17.4. The van der Waals surface area contributed by atoms with Crippen LogP contribution in [0, 0.1) is 0 Å². The maximum absolute atomic E-state index is 10.9. The van der Waals surface area contributed by atoms with Gasteiger partial charge in [0.1, 0.15) is 5.82 Å². The Morgan fingerprint density at radius 1 is 1.15 bits per heavy atom. The monoisotopic (exact) mass is 356 g/mol. The van der Waals surface area contributed by atoms with Crippen LogP contribution in [-0.2, 0) is 16.8 Å². The van der Waals surface area contributed by atoms with Crippen molar-refractivity contribution in [2.24, 2.45) is 5.73 Å². The number of aliphatic hydroxyl groups is 2. The summed E-state index contributed by atoms with van der Waals surface area (Å²) in [7, 11) is 0. The van der Waals surface area contributed by atoms with Gasteiger partial charge in [-0.25, -0.2) is 4.98 Å². The molecule has 4 N–H and O–H groups in total. The van der Waals surface area contributed by atoms with Gasteiger partial charge in [0, 0.05) is 67.9 Å². The van der Waals surface area contributed by atoms with Crippen molar-refractivity contribution < 1.29 is 14.9 Å².